The third kappa shape index (κ3) is 5.48. The molecule has 1 fully saturated rings. The van der Waals surface area contributed by atoms with Crippen LogP contribution in [-0.2, 0) is 24.2 Å². The Hall–Kier alpha value is -3.40. The maximum atomic E-state index is 13.4. The minimum atomic E-state index is -3.16. The number of hydrogen-bond acceptors (Lipinski definition) is 6. The smallest absolute Gasteiger partial charge is 0.247 e. The van der Waals surface area contributed by atoms with E-state index in [9.17, 15) is 22.8 Å². The lowest BCUT2D eigenvalue weighted by Gasteiger charge is -2.39. The van der Waals surface area contributed by atoms with E-state index in [1.807, 2.05) is 32.0 Å². The molecule has 2 aliphatic rings. The number of sulfone groups is 1. The summed E-state index contributed by atoms with van der Waals surface area (Å²) in [5, 5.41) is 5.69. The van der Waals surface area contributed by atoms with Crippen molar-refractivity contribution in [2.75, 3.05) is 40.1 Å². The van der Waals surface area contributed by atoms with Gasteiger partial charge in [0.2, 0.25) is 17.7 Å². The molecule has 0 saturated carbocycles. The fourth-order valence-electron chi connectivity index (χ4n) is 4.74. The highest BCUT2D eigenvalue weighted by atomic mass is 32.2. The van der Waals surface area contributed by atoms with Gasteiger partial charge in [-0.25, -0.2) is 8.42 Å². The SMILES string of the molecule is CCN(C(=O)CN1c2ccccc2NC(=O)C1CC(=O)Nc1ccccc1C)C1CCS(=O)(=O)C1. The average Bonchev–Trinajstić information content (AvgIpc) is 3.17. The van der Waals surface area contributed by atoms with Gasteiger partial charge >= 0.3 is 0 Å². The fourth-order valence-corrected chi connectivity index (χ4v) is 6.47. The predicted octanol–water partition coefficient (Wildman–Crippen LogP) is 2.19. The summed E-state index contributed by atoms with van der Waals surface area (Å²) in [6.45, 7) is 3.91. The van der Waals surface area contributed by atoms with Crippen LogP contribution in [0.3, 0.4) is 0 Å². The lowest BCUT2D eigenvalue weighted by atomic mass is 10.0. The Bertz CT molecular complexity index is 1250. The van der Waals surface area contributed by atoms with Gasteiger partial charge < -0.3 is 20.4 Å². The van der Waals surface area contributed by atoms with Crippen molar-refractivity contribution in [1.29, 1.82) is 0 Å². The highest BCUT2D eigenvalue weighted by molar-refractivity contribution is 7.91. The zero-order valence-corrected chi connectivity index (χ0v) is 20.7. The molecule has 186 valence electrons. The Kier molecular flexibility index (Phi) is 7.11. The minimum absolute atomic E-state index is 0.0497. The van der Waals surface area contributed by atoms with Gasteiger partial charge in [-0.2, -0.15) is 0 Å². The summed E-state index contributed by atoms with van der Waals surface area (Å²) >= 11 is 0. The van der Waals surface area contributed by atoms with Crippen molar-refractivity contribution in [2.24, 2.45) is 0 Å². The number of carbonyl (C=O) groups is 3. The molecule has 0 bridgehead atoms. The third-order valence-electron chi connectivity index (χ3n) is 6.56. The number of fused-ring (bicyclic) bond motifs is 1. The van der Waals surface area contributed by atoms with E-state index in [-0.39, 0.29) is 48.2 Å². The second kappa shape index (κ2) is 10.1. The van der Waals surface area contributed by atoms with Gasteiger partial charge in [0.25, 0.3) is 0 Å². The Labute approximate surface area is 205 Å². The molecular formula is C25H30N4O5S. The first-order valence-electron chi connectivity index (χ1n) is 11.7. The maximum absolute atomic E-state index is 13.4. The summed E-state index contributed by atoms with van der Waals surface area (Å²) in [6, 6.07) is 13.2. The number of amides is 3. The highest BCUT2D eigenvalue weighted by Gasteiger charge is 2.38. The van der Waals surface area contributed by atoms with Crippen LogP contribution in [0.5, 0.6) is 0 Å². The Morgan fingerprint density at radius 2 is 1.86 bits per heavy atom. The van der Waals surface area contributed by atoms with E-state index in [0.717, 1.165) is 5.56 Å². The van der Waals surface area contributed by atoms with Crippen LogP contribution in [0.4, 0.5) is 17.1 Å². The number of rotatable bonds is 7. The number of hydrogen-bond donors (Lipinski definition) is 2. The van der Waals surface area contributed by atoms with E-state index >= 15 is 0 Å². The van der Waals surface area contributed by atoms with Gasteiger partial charge in [0.05, 0.1) is 35.8 Å². The summed E-state index contributed by atoms with van der Waals surface area (Å²) in [6.07, 6.45) is 0.257. The van der Waals surface area contributed by atoms with Crippen LogP contribution < -0.4 is 15.5 Å². The number of para-hydroxylation sites is 3. The number of anilines is 3. The molecule has 0 aliphatic carbocycles. The van der Waals surface area contributed by atoms with E-state index in [2.05, 4.69) is 10.6 Å². The van der Waals surface area contributed by atoms with Crippen LogP contribution in [0.25, 0.3) is 0 Å². The van der Waals surface area contributed by atoms with Crippen LogP contribution in [0, 0.1) is 6.92 Å². The van der Waals surface area contributed by atoms with Crippen molar-refractivity contribution in [3.05, 3.63) is 54.1 Å². The van der Waals surface area contributed by atoms with Gasteiger partial charge in [-0.15, -0.1) is 0 Å². The summed E-state index contributed by atoms with van der Waals surface area (Å²) < 4.78 is 24.0. The third-order valence-corrected chi connectivity index (χ3v) is 8.31. The molecular weight excluding hydrogens is 468 g/mol. The molecule has 2 heterocycles. The Balaban J connectivity index is 1.57. The lowest BCUT2D eigenvalue weighted by molar-refractivity contribution is -0.131. The number of nitrogens with zero attached hydrogens (tertiary/aromatic N) is 2. The second-order valence-electron chi connectivity index (χ2n) is 8.95. The van der Waals surface area contributed by atoms with Crippen molar-refractivity contribution in [2.45, 2.75) is 38.8 Å². The van der Waals surface area contributed by atoms with E-state index in [1.165, 1.54) is 0 Å². The number of carbonyl (C=O) groups excluding carboxylic acids is 3. The molecule has 35 heavy (non-hydrogen) atoms. The predicted molar refractivity (Wildman–Crippen MR) is 135 cm³/mol. The zero-order chi connectivity index (χ0) is 25.2. The molecule has 10 heteroatoms. The van der Waals surface area contributed by atoms with E-state index in [4.69, 9.17) is 0 Å². The van der Waals surface area contributed by atoms with Gasteiger partial charge in [0, 0.05) is 18.3 Å². The van der Waals surface area contributed by atoms with Crippen LogP contribution in [0.1, 0.15) is 25.3 Å². The van der Waals surface area contributed by atoms with Crippen molar-refractivity contribution in [1.82, 2.24) is 4.90 Å². The molecule has 9 nitrogen and oxygen atoms in total. The number of nitrogens with one attached hydrogen (secondary N) is 2. The monoisotopic (exact) mass is 498 g/mol. The van der Waals surface area contributed by atoms with E-state index in [0.29, 0.717) is 30.0 Å². The molecule has 3 amide bonds. The van der Waals surface area contributed by atoms with E-state index < -0.39 is 15.9 Å². The lowest BCUT2D eigenvalue weighted by Crippen LogP contribution is -2.54. The molecule has 2 aromatic rings. The Morgan fingerprint density at radius 3 is 2.54 bits per heavy atom. The molecule has 2 N–H and O–H groups in total. The summed E-state index contributed by atoms with van der Waals surface area (Å²) in [5.41, 5.74) is 2.77. The number of benzene rings is 2. The number of likely N-dealkylation sites (N-methyl/N-ethyl adjacent to an activating group) is 1. The molecule has 2 aliphatic heterocycles. The average molecular weight is 499 g/mol. The topological polar surface area (TPSA) is 116 Å². The molecule has 1 saturated heterocycles. The highest BCUT2D eigenvalue weighted by Crippen LogP contribution is 2.33. The summed E-state index contributed by atoms with van der Waals surface area (Å²) in [4.78, 5) is 42.6. The second-order valence-corrected chi connectivity index (χ2v) is 11.2. The summed E-state index contributed by atoms with van der Waals surface area (Å²) in [7, 11) is -3.16. The van der Waals surface area contributed by atoms with Crippen molar-refractivity contribution in [3.8, 4) is 0 Å². The van der Waals surface area contributed by atoms with Crippen molar-refractivity contribution in [3.63, 3.8) is 0 Å². The molecule has 0 radical (unpaired) electrons. The standard InChI is InChI=1S/C25H30N4O5S/c1-3-28(18-12-13-35(33,34)16-18)24(31)15-29-21-11-7-6-10-20(21)27-25(32)22(29)14-23(30)26-19-9-5-4-8-17(19)2/h4-11,18,22H,3,12-16H2,1-2H3,(H,26,30)(H,27,32). The van der Waals surface area contributed by atoms with Gasteiger partial charge in [0.15, 0.2) is 9.84 Å². The van der Waals surface area contributed by atoms with Crippen LogP contribution in [0.2, 0.25) is 0 Å². The number of aryl methyl sites for hydroxylation is 1. The van der Waals surface area contributed by atoms with Gasteiger partial charge in [-0.05, 0) is 44.0 Å². The maximum Gasteiger partial charge on any atom is 0.247 e. The van der Waals surface area contributed by atoms with Gasteiger partial charge in [0.1, 0.15) is 6.04 Å². The minimum Gasteiger partial charge on any atom is -0.348 e. The van der Waals surface area contributed by atoms with E-state index in [1.54, 1.807) is 40.1 Å². The van der Waals surface area contributed by atoms with Crippen molar-refractivity contribution >= 4 is 44.6 Å². The first-order chi connectivity index (χ1) is 16.7. The molecule has 0 spiro atoms. The fraction of sp³-hybridized carbons (Fsp3) is 0.400. The van der Waals surface area contributed by atoms with Crippen molar-refractivity contribution < 1.29 is 22.8 Å². The first-order valence-corrected chi connectivity index (χ1v) is 13.5. The molecule has 2 atom stereocenters. The largest absolute Gasteiger partial charge is 0.348 e. The first kappa shape index (κ1) is 24.7. The zero-order valence-electron chi connectivity index (χ0n) is 19.9. The van der Waals surface area contributed by atoms with Gasteiger partial charge in [-0.3, -0.25) is 14.4 Å². The molecule has 4 rings (SSSR count). The molecule has 2 unspecified atom stereocenters. The van der Waals surface area contributed by atoms with Crippen LogP contribution in [-0.4, -0.2) is 67.7 Å². The van der Waals surface area contributed by atoms with Crippen LogP contribution in [0.15, 0.2) is 48.5 Å². The van der Waals surface area contributed by atoms with Gasteiger partial charge in [-0.1, -0.05) is 30.3 Å². The quantitative estimate of drug-likeness (QED) is 0.605. The molecule has 0 aromatic heterocycles. The molecule has 2 aromatic carbocycles. The summed E-state index contributed by atoms with van der Waals surface area (Å²) in [5.74, 6) is -0.971. The van der Waals surface area contributed by atoms with Crippen LogP contribution >= 0.6 is 0 Å². The Morgan fingerprint density at radius 1 is 1.14 bits per heavy atom. The normalized spacial score (nSPS) is 20.6.